The van der Waals surface area contributed by atoms with Crippen LogP contribution in [-0.2, 0) is 0 Å². The molecule has 3 aromatic rings. The molecule has 1 aromatic carbocycles. The molecule has 1 aliphatic rings. The van der Waals surface area contributed by atoms with E-state index in [1.165, 1.54) is 17.4 Å². The van der Waals surface area contributed by atoms with E-state index in [-0.39, 0.29) is 11.5 Å². The van der Waals surface area contributed by atoms with E-state index in [2.05, 4.69) is 30.9 Å². The highest BCUT2D eigenvalue weighted by Crippen LogP contribution is 2.29. The van der Waals surface area contributed by atoms with Crippen LogP contribution in [0, 0.1) is 5.82 Å². The molecule has 3 heterocycles. The highest BCUT2D eigenvalue weighted by Gasteiger charge is 2.22. The largest absolute Gasteiger partial charge is 0.361 e. The molecule has 1 fully saturated rings. The Hall–Kier alpha value is -2.50. The molecular formula is C20H24FN7OS2. The summed E-state index contributed by atoms with van der Waals surface area (Å²) in [4.78, 5) is 28.3. The number of aromatic nitrogens is 3. The van der Waals surface area contributed by atoms with E-state index in [9.17, 15) is 9.18 Å². The molecule has 0 saturated carbocycles. The molecule has 1 aliphatic heterocycles. The van der Waals surface area contributed by atoms with Gasteiger partial charge >= 0.3 is 0 Å². The molecule has 31 heavy (non-hydrogen) atoms. The molecule has 8 nitrogen and oxygen atoms in total. The number of amides is 1. The second kappa shape index (κ2) is 10.2. The number of thiazole rings is 1. The van der Waals surface area contributed by atoms with Crippen molar-refractivity contribution in [2.75, 3.05) is 56.2 Å². The molecule has 0 unspecified atom stereocenters. The van der Waals surface area contributed by atoms with Crippen molar-refractivity contribution in [2.45, 2.75) is 11.3 Å². The third-order valence-corrected chi connectivity index (χ3v) is 6.55. The maximum absolute atomic E-state index is 14.6. The van der Waals surface area contributed by atoms with Crippen LogP contribution in [-0.4, -0.2) is 71.3 Å². The number of hydrogen-bond donors (Lipinski definition) is 3. The number of nitrogens with one attached hydrogen (secondary N) is 3. The van der Waals surface area contributed by atoms with Gasteiger partial charge in [0.05, 0.1) is 15.8 Å². The zero-order valence-corrected chi connectivity index (χ0v) is 18.8. The van der Waals surface area contributed by atoms with Crippen LogP contribution in [0.1, 0.15) is 16.8 Å². The highest BCUT2D eigenvalue weighted by molar-refractivity contribution is 7.98. The normalized spacial score (nSPS) is 14.1. The topological polar surface area (TPSA) is 95.1 Å². The maximum Gasteiger partial charge on any atom is 0.256 e. The summed E-state index contributed by atoms with van der Waals surface area (Å²) < 4.78 is 15.3. The molecule has 11 heteroatoms. The number of rotatable bonds is 8. The van der Waals surface area contributed by atoms with Crippen molar-refractivity contribution < 1.29 is 9.18 Å². The van der Waals surface area contributed by atoms with E-state index >= 15 is 0 Å². The van der Waals surface area contributed by atoms with Gasteiger partial charge in [-0.3, -0.25) is 4.79 Å². The predicted molar refractivity (Wildman–Crippen MR) is 124 cm³/mol. The minimum absolute atomic E-state index is 0.112. The van der Waals surface area contributed by atoms with Gasteiger partial charge in [0.15, 0.2) is 5.13 Å². The lowest BCUT2D eigenvalue weighted by Gasteiger charge is -2.27. The van der Waals surface area contributed by atoms with E-state index in [1.807, 2.05) is 6.26 Å². The second-order valence-electron chi connectivity index (χ2n) is 7.01. The number of piperazine rings is 1. The highest BCUT2D eigenvalue weighted by atomic mass is 32.2. The SMILES string of the molecule is CSc1cnc(NCCCNc2nc3cc(F)c(C(=O)N4CCNCC4)cc3s2)nc1. The van der Waals surface area contributed by atoms with Crippen molar-refractivity contribution in [1.82, 2.24) is 25.2 Å². The summed E-state index contributed by atoms with van der Waals surface area (Å²) in [7, 11) is 0. The number of thioether (sulfide) groups is 1. The summed E-state index contributed by atoms with van der Waals surface area (Å²) in [6.45, 7) is 4.06. The number of benzene rings is 1. The van der Waals surface area contributed by atoms with Crippen molar-refractivity contribution in [3.05, 3.63) is 35.9 Å². The number of nitrogens with zero attached hydrogens (tertiary/aromatic N) is 4. The Labute approximate surface area is 188 Å². The first kappa shape index (κ1) is 21.7. The van der Waals surface area contributed by atoms with E-state index in [0.717, 1.165) is 29.1 Å². The summed E-state index contributed by atoms with van der Waals surface area (Å²) in [5.41, 5.74) is 0.670. The van der Waals surface area contributed by atoms with E-state index in [0.29, 0.717) is 42.8 Å². The molecule has 1 amide bonds. The van der Waals surface area contributed by atoms with Gasteiger partial charge in [-0.05, 0) is 18.7 Å². The Morgan fingerprint density at radius 2 is 1.97 bits per heavy atom. The molecule has 0 aliphatic carbocycles. The molecule has 3 N–H and O–H groups in total. The molecule has 164 valence electrons. The summed E-state index contributed by atoms with van der Waals surface area (Å²) in [5.74, 6) is -0.179. The summed E-state index contributed by atoms with van der Waals surface area (Å²) >= 11 is 3.03. The zero-order valence-electron chi connectivity index (χ0n) is 17.2. The molecule has 0 spiro atoms. The molecule has 4 rings (SSSR count). The monoisotopic (exact) mass is 461 g/mol. The third kappa shape index (κ3) is 5.41. The van der Waals surface area contributed by atoms with E-state index in [4.69, 9.17) is 0 Å². The lowest BCUT2D eigenvalue weighted by atomic mass is 10.1. The van der Waals surface area contributed by atoms with Crippen LogP contribution in [0.2, 0.25) is 0 Å². The van der Waals surface area contributed by atoms with Gasteiger partial charge in [-0.25, -0.2) is 19.3 Å². The number of carbonyl (C=O) groups excluding carboxylic acids is 1. The van der Waals surface area contributed by atoms with Gasteiger partial charge in [-0.15, -0.1) is 11.8 Å². The van der Waals surface area contributed by atoms with Crippen molar-refractivity contribution in [3.63, 3.8) is 0 Å². The quantitative estimate of drug-likeness (QED) is 0.348. The lowest BCUT2D eigenvalue weighted by Crippen LogP contribution is -2.46. The van der Waals surface area contributed by atoms with Gasteiger partial charge in [0.25, 0.3) is 5.91 Å². The number of fused-ring (bicyclic) bond motifs is 1. The maximum atomic E-state index is 14.6. The van der Waals surface area contributed by atoms with E-state index in [1.54, 1.807) is 35.1 Å². The van der Waals surface area contributed by atoms with Gasteiger partial charge < -0.3 is 20.9 Å². The fraction of sp³-hybridized carbons (Fsp3) is 0.400. The lowest BCUT2D eigenvalue weighted by molar-refractivity contribution is 0.0731. The minimum Gasteiger partial charge on any atom is -0.361 e. The Morgan fingerprint density at radius 1 is 1.23 bits per heavy atom. The van der Waals surface area contributed by atoms with Gasteiger partial charge in [0, 0.05) is 62.6 Å². The number of halogens is 1. The fourth-order valence-corrected chi connectivity index (χ4v) is 4.45. The Balaban J connectivity index is 1.31. The first-order valence-corrected chi connectivity index (χ1v) is 12.1. The Bertz CT molecular complexity index is 1040. The molecule has 0 radical (unpaired) electrons. The van der Waals surface area contributed by atoms with Gasteiger partial charge in [-0.2, -0.15) is 0 Å². The summed E-state index contributed by atoms with van der Waals surface area (Å²) in [5, 5.41) is 10.4. The van der Waals surface area contributed by atoms with Crippen LogP contribution in [0.25, 0.3) is 10.2 Å². The molecule has 0 bridgehead atoms. The standard InChI is InChI=1S/C20H24FN7OS2/c1-30-13-11-25-19(26-12-13)23-3-2-4-24-20-27-16-10-15(21)14(9-17(16)31-20)18(29)28-7-5-22-6-8-28/h9-12,22H,2-8H2,1H3,(H,24,27)(H,23,25,26). The minimum atomic E-state index is -0.524. The first-order chi connectivity index (χ1) is 15.1. The molecule has 1 saturated heterocycles. The van der Waals surface area contributed by atoms with Crippen LogP contribution >= 0.6 is 23.1 Å². The van der Waals surface area contributed by atoms with Crippen LogP contribution in [0.5, 0.6) is 0 Å². The van der Waals surface area contributed by atoms with Crippen molar-refractivity contribution in [3.8, 4) is 0 Å². The van der Waals surface area contributed by atoms with Gasteiger partial charge in [0.1, 0.15) is 5.82 Å². The van der Waals surface area contributed by atoms with Gasteiger partial charge in [-0.1, -0.05) is 11.3 Å². The van der Waals surface area contributed by atoms with Crippen molar-refractivity contribution >= 4 is 50.3 Å². The zero-order chi connectivity index (χ0) is 21.6. The number of carbonyl (C=O) groups is 1. The van der Waals surface area contributed by atoms with Gasteiger partial charge in [0.2, 0.25) is 5.95 Å². The Kier molecular flexibility index (Phi) is 7.15. The van der Waals surface area contributed by atoms with Crippen LogP contribution < -0.4 is 16.0 Å². The van der Waals surface area contributed by atoms with Crippen LogP contribution in [0.3, 0.4) is 0 Å². The predicted octanol–water partition coefficient (Wildman–Crippen LogP) is 2.91. The summed E-state index contributed by atoms with van der Waals surface area (Å²) in [6.07, 6.45) is 6.41. The van der Waals surface area contributed by atoms with Crippen molar-refractivity contribution in [1.29, 1.82) is 0 Å². The van der Waals surface area contributed by atoms with Crippen molar-refractivity contribution in [2.24, 2.45) is 0 Å². The fourth-order valence-electron chi connectivity index (χ4n) is 3.22. The molecular weight excluding hydrogens is 437 g/mol. The Morgan fingerprint density at radius 3 is 2.71 bits per heavy atom. The van der Waals surface area contributed by atoms with Crippen LogP contribution in [0.4, 0.5) is 15.5 Å². The molecule has 2 aromatic heterocycles. The number of anilines is 2. The smallest absolute Gasteiger partial charge is 0.256 e. The average molecular weight is 462 g/mol. The van der Waals surface area contributed by atoms with Crippen LogP contribution in [0.15, 0.2) is 29.4 Å². The number of hydrogen-bond acceptors (Lipinski definition) is 9. The molecule has 0 atom stereocenters. The average Bonchev–Trinajstić information content (AvgIpc) is 3.20. The first-order valence-electron chi connectivity index (χ1n) is 10.1. The summed E-state index contributed by atoms with van der Waals surface area (Å²) in [6, 6.07) is 2.97. The third-order valence-electron chi connectivity index (χ3n) is 4.89. The second-order valence-corrected chi connectivity index (χ2v) is 8.92. The van der Waals surface area contributed by atoms with E-state index < -0.39 is 5.82 Å².